The smallest absolute Gasteiger partial charge is 0.106 e. The minimum absolute atomic E-state index is 0.311. The summed E-state index contributed by atoms with van der Waals surface area (Å²) < 4.78 is 0. The zero-order valence-electron chi connectivity index (χ0n) is 8.85. The number of aliphatic hydroxyl groups is 2. The van der Waals surface area contributed by atoms with Gasteiger partial charge in [-0.3, -0.25) is 4.98 Å². The first kappa shape index (κ1) is 12.8. The summed E-state index contributed by atoms with van der Waals surface area (Å²) >= 11 is 9.02. The molecule has 0 bridgehead atoms. The van der Waals surface area contributed by atoms with Gasteiger partial charge in [0.2, 0.25) is 0 Å². The fourth-order valence-corrected chi connectivity index (χ4v) is 2.21. The number of aromatic nitrogens is 1. The van der Waals surface area contributed by atoms with E-state index in [-0.39, 0.29) is 0 Å². The molecule has 17 heavy (non-hydrogen) atoms. The number of rotatable bonds is 3. The van der Waals surface area contributed by atoms with Crippen molar-refractivity contribution < 1.29 is 10.2 Å². The van der Waals surface area contributed by atoms with Gasteiger partial charge in [-0.2, -0.15) is 0 Å². The molecule has 0 amide bonds. The van der Waals surface area contributed by atoms with Crippen molar-refractivity contribution in [2.24, 2.45) is 0 Å². The van der Waals surface area contributed by atoms with Crippen molar-refractivity contribution in [3.8, 4) is 0 Å². The molecule has 2 atom stereocenters. The predicted molar refractivity (Wildman–Crippen MR) is 71.5 cm³/mol. The summed E-state index contributed by atoms with van der Waals surface area (Å²) in [4.78, 5) is 4.18. The number of benzene rings is 1. The lowest BCUT2D eigenvalue weighted by atomic mass is 10.0. The molecule has 2 aromatic rings. The Morgan fingerprint density at radius 3 is 2.76 bits per heavy atom. The molecule has 0 aliphatic carbocycles. The Labute approximate surface area is 112 Å². The summed E-state index contributed by atoms with van der Waals surface area (Å²) in [5.41, 5.74) is 1.36. The lowest BCUT2D eigenvalue weighted by Crippen LogP contribution is -2.19. The first-order chi connectivity index (χ1) is 8.13. The van der Waals surface area contributed by atoms with Crippen LogP contribution < -0.4 is 0 Å². The molecular weight excluding hydrogens is 305 g/mol. The largest absolute Gasteiger partial charge is 0.389 e. The van der Waals surface area contributed by atoms with Crippen molar-refractivity contribution in [1.29, 1.82) is 0 Å². The van der Waals surface area contributed by atoms with Crippen LogP contribution in [0.25, 0.3) is 10.9 Å². The minimum atomic E-state index is -0.943. The molecular formula is C12H11BrClNO2. The molecule has 1 aromatic carbocycles. The van der Waals surface area contributed by atoms with Crippen molar-refractivity contribution in [1.82, 2.24) is 4.98 Å². The van der Waals surface area contributed by atoms with Gasteiger partial charge in [0.1, 0.15) is 6.10 Å². The van der Waals surface area contributed by atoms with Gasteiger partial charge in [-0.25, -0.2) is 0 Å². The van der Waals surface area contributed by atoms with Crippen molar-refractivity contribution in [3.05, 3.63) is 41.0 Å². The van der Waals surface area contributed by atoms with Crippen molar-refractivity contribution in [2.75, 3.05) is 5.33 Å². The van der Waals surface area contributed by atoms with Crippen LogP contribution in [-0.4, -0.2) is 26.6 Å². The Hall–Kier alpha value is -0.680. The molecule has 0 radical (unpaired) electrons. The van der Waals surface area contributed by atoms with Crippen LogP contribution in [-0.2, 0) is 0 Å². The maximum atomic E-state index is 10.0. The van der Waals surface area contributed by atoms with E-state index in [1.165, 1.54) is 0 Å². The number of nitrogens with zero attached hydrogens (tertiary/aromatic N) is 1. The average molecular weight is 317 g/mol. The van der Waals surface area contributed by atoms with E-state index in [0.29, 0.717) is 21.4 Å². The topological polar surface area (TPSA) is 53.4 Å². The van der Waals surface area contributed by atoms with Gasteiger partial charge in [0.05, 0.1) is 11.6 Å². The molecule has 0 saturated heterocycles. The Balaban J connectivity index is 2.54. The molecule has 0 aliphatic rings. The number of halogens is 2. The van der Waals surface area contributed by atoms with Crippen LogP contribution in [0.2, 0.25) is 5.02 Å². The summed E-state index contributed by atoms with van der Waals surface area (Å²) in [6.07, 6.45) is -0.199. The Morgan fingerprint density at radius 1 is 1.29 bits per heavy atom. The van der Waals surface area contributed by atoms with Gasteiger partial charge >= 0.3 is 0 Å². The van der Waals surface area contributed by atoms with Gasteiger partial charge in [0.25, 0.3) is 0 Å². The summed E-state index contributed by atoms with van der Waals surface area (Å²) in [7, 11) is 0. The standard InChI is InChI=1S/C12H11BrClNO2/c13-6-11(16)12(17)9-3-4-15-10-5-7(14)1-2-8(9)10/h1-5,11-12,16-17H,6H2. The van der Waals surface area contributed by atoms with Crippen molar-refractivity contribution in [3.63, 3.8) is 0 Å². The quantitative estimate of drug-likeness (QED) is 0.856. The molecule has 90 valence electrons. The second-order valence-corrected chi connectivity index (χ2v) is 4.81. The third kappa shape index (κ3) is 2.60. The van der Waals surface area contributed by atoms with Crippen molar-refractivity contribution >= 4 is 38.4 Å². The zero-order valence-corrected chi connectivity index (χ0v) is 11.2. The van der Waals surface area contributed by atoms with Gasteiger partial charge in [0.15, 0.2) is 0 Å². The molecule has 2 rings (SSSR count). The maximum absolute atomic E-state index is 10.0. The molecule has 0 aliphatic heterocycles. The highest BCUT2D eigenvalue weighted by Gasteiger charge is 2.19. The Kier molecular flexibility index (Phi) is 3.99. The number of pyridine rings is 1. The predicted octanol–water partition coefficient (Wildman–Crippen LogP) is 2.68. The highest BCUT2D eigenvalue weighted by atomic mass is 79.9. The van der Waals surface area contributed by atoms with Crippen LogP contribution in [0.5, 0.6) is 0 Å². The zero-order chi connectivity index (χ0) is 12.4. The molecule has 1 aromatic heterocycles. The fourth-order valence-electron chi connectivity index (χ4n) is 1.69. The Morgan fingerprint density at radius 2 is 2.06 bits per heavy atom. The first-order valence-corrected chi connectivity index (χ1v) is 6.59. The molecule has 0 saturated carbocycles. The van der Waals surface area contributed by atoms with Crippen LogP contribution in [0.15, 0.2) is 30.5 Å². The lowest BCUT2D eigenvalue weighted by Gasteiger charge is -2.17. The highest BCUT2D eigenvalue weighted by molar-refractivity contribution is 9.09. The second-order valence-electron chi connectivity index (χ2n) is 3.73. The maximum Gasteiger partial charge on any atom is 0.106 e. The third-order valence-corrected chi connectivity index (χ3v) is 3.48. The normalized spacial score (nSPS) is 14.8. The monoisotopic (exact) mass is 315 g/mol. The first-order valence-electron chi connectivity index (χ1n) is 5.09. The van der Waals surface area contributed by atoms with Crippen LogP contribution in [0.1, 0.15) is 11.7 Å². The highest BCUT2D eigenvalue weighted by Crippen LogP contribution is 2.27. The van der Waals surface area contributed by atoms with Crippen LogP contribution in [0, 0.1) is 0 Å². The number of hydrogen-bond donors (Lipinski definition) is 2. The number of fused-ring (bicyclic) bond motifs is 1. The van der Waals surface area contributed by atoms with E-state index in [1.54, 1.807) is 30.5 Å². The van der Waals surface area contributed by atoms with Crippen molar-refractivity contribution in [2.45, 2.75) is 12.2 Å². The molecule has 5 heteroatoms. The van der Waals surface area contributed by atoms with Crippen LogP contribution in [0.4, 0.5) is 0 Å². The second kappa shape index (κ2) is 5.31. The molecule has 1 heterocycles. The van der Waals surface area contributed by atoms with E-state index >= 15 is 0 Å². The summed E-state index contributed by atoms with van der Waals surface area (Å²) in [6, 6.07) is 6.97. The van der Waals surface area contributed by atoms with E-state index in [0.717, 1.165) is 5.39 Å². The lowest BCUT2D eigenvalue weighted by molar-refractivity contribution is 0.0352. The molecule has 0 spiro atoms. The minimum Gasteiger partial charge on any atom is -0.389 e. The summed E-state index contributed by atoms with van der Waals surface area (Å²) in [6.45, 7) is 0. The van der Waals surface area contributed by atoms with E-state index in [2.05, 4.69) is 20.9 Å². The van der Waals surface area contributed by atoms with E-state index in [1.807, 2.05) is 0 Å². The summed E-state index contributed by atoms with van der Waals surface area (Å²) in [5, 5.41) is 21.4. The molecule has 3 nitrogen and oxygen atoms in total. The molecule has 0 fully saturated rings. The molecule has 2 N–H and O–H groups in total. The number of aliphatic hydroxyl groups excluding tert-OH is 2. The van der Waals surface area contributed by atoms with Crippen LogP contribution >= 0.6 is 27.5 Å². The fraction of sp³-hybridized carbons (Fsp3) is 0.250. The van der Waals surface area contributed by atoms with E-state index in [4.69, 9.17) is 11.6 Å². The summed E-state index contributed by atoms with van der Waals surface area (Å²) in [5.74, 6) is 0. The SMILES string of the molecule is OC(CBr)C(O)c1ccnc2cc(Cl)ccc12. The van der Waals surface area contributed by atoms with E-state index in [9.17, 15) is 10.2 Å². The van der Waals surface area contributed by atoms with Gasteiger partial charge in [0, 0.05) is 21.9 Å². The van der Waals surface area contributed by atoms with Gasteiger partial charge in [-0.15, -0.1) is 0 Å². The third-order valence-electron chi connectivity index (χ3n) is 2.58. The number of hydrogen-bond acceptors (Lipinski definition) is 3. The van der Waals surface area contributed by atoms with Crippen LogP contribution in [0.3, 0.4) is 0 Å². The van der Waals surface area contributed by atoms with Gasteiger partial charge < -0.3 is 10.2 Å². The van der Waals surface area contributed by atoms with Gasteiger partial charge in [-0.1, -0.05) is 33.6 Å². The average Bonchev–Trinajstić information content (AvgIpc) is 2.35. The van der Waals surface area contributed by atoms with E-state index < -0.39 is 12.2 Å². The number of alkyl halides is 1. The van der Waals surface area contributed by atoms with Gasteiger partial charge in [-0.05, 0) is 23.8 Å². The Bertz CT molecular complexity index is 535. The molecule has 2 unspecified atom stereocenters.